The predicted molar refractivity (Wildman–Crippen MR) is 106 cm³/mol. The largest absolute Gasteiger partial charge is 0.503 e. The normalized spacial score (nSPS) is 10.6. The molecule has 27 heavy (non-hydrogen) atoms. The van der Waals surface area contributed by atoms with Crippen LogP contribution in [0.4, 0.5) is 0 Å². The van der Waals surface area contributed by atoms with E-state index in [1.807, 2.05) is 19.9 Å². The van der Waals surface area contributed by atoms with Crippen molar-refractivity contribution in [2.45, 2.75) is 13.8 Å². The van der Waals surface area contributed by atoms with Crippen LogP contribution < -0.4 is 19.6 Å². The van der Waals surface area contributed by atoms with Crippen molar-refractivity contribution < 1.29 is 24.1 Å². The van der Waals surface area contributed by atoms with Gasteiger partial charge < -0.3 is 19.3 Å². The van der Waals surface area contributed by atoms with Crippen LogP contribution in [0.25, 0.3) is 0 Å². The lowest BCUT2D eigenvalue weighted by molar-refractivity contribution is -0.123. The van der Waals surface area contributed by atoms with Gasteiger partial charge in [0.25, 0.3) is 5.91 Å². The van der Waals surface area contributed by atoms with Gasteiger partial charge >= 0.3 is 0 Å². The monoisotopic (exact) mass is 436 g/mol. The van der Waals surface area contributed by atoms with Crippen molar-refractivity contribution in [2.24, 2.45) is 5.10 Å². The SMILES string of the molecule is CCOc1ccccc1OCC(=O)N/N=C/c1cc(Br)c(O)c(OCC)c1. The number of hydrogen-bond acceptors (Lipinski definition) is 6. The number of nitrogens with one attached hydrogen (secondary N) is 1. The number of aromatic hydroxyl groups is 1. The molecule has 8 heteroatoms. The second kappa shape index (κ2) is 10.4. The van der Waals surface area contributed by atoms with E-state index in [-0.39, 0.29) is 12.4 Å². The fourth-order valence-electron chi connectivity index (χ4n) is 2.13. The van der Waals surface area contributed by atoms with E-state index in [2.05, 4.69) is 26.5 Å². The third kappa shape index (κ3) is 6.18. The van der Waals surface area contributed by atoms with E-state index in [1.54, 1.807) is 30.3 Å². The number of hydrogen-bond donors (Lipinski definition) is 2. The van der Waals surface area contributed by atoms with E-state index in [1.165, 1.54) is 6.21 Å². The number of amides is 1. The van der Waals surface area contributed by atoms with Crippen LogP contribution in [0.1, 0.15) is 19.4 Å². The first kappa shape index (κ1) is 20.6. The molecule has 0 aliphatic heterocycles. The zero-order valence-electron chi connectivity index (χ0n) is 15.1. The van der Waals surface area contributed by atoms with Crippen LogP contribution in [0.3, 0.4) is 0 Å². The summed E-state index contributed by atoms with van der Waals surface area (Å²) >= 11 is 3.25. The minimum Gasteiger partial charge on any atom is -0.503 e. The molecule has 0 unspecified atom stereocenters. The summed E-state index contributed by atoms with van der Waals surface area (Å²) in [4.78, 5) is 11.9. The topological polar surface area (TPSA) is 89.4 Å². The van der Waals surface area contributed by atoms with Gasteiger partial charge in [-0.05, 0) is 59.6 Å². The second-order valence-corrected chi connectivity index (χ2v) is 6.10. The van der Waals surface area contributed by atoms with E-state index >= 15 is 0 Å². The molecule has 0 aromatic heterocycles. The number of phenolic OH excluding ortho intramolecular Hbond substituents is 1. The van der Waals surface area contributed by atoms with E-state index < -0.39 is 5.91 Å². The third-order valence-electron chi connectivity index (χ3n) is 3.26. The van der Waals surface area contributed by atoms with Crippen LogP contribution in [0.15, 0.2) is 46.0 Å². The van der Waals surface area contributed by atoms with Crippen LogP contribution in [0.2, 0.25) is 0 Å². The van der Waals surface area contributed by atoms with Crippen LogP contribution in [-0.2, 0) is 4.79 Å². The summed E-state index contributed by atoms with van der Waals surface area (Å²) < 4.78 is 16.7. The summed E-state index contributed by atoms with van der Waals surface area (Å²) in [5.74, 6) is 0.992. The summed E-state index contributed by atoms with van der Waals surface area (Å²) in [7, 11) is 0. The van der Waals surface area contributed by atoms with Gasteiger partial charge in [0, 0.05) is 0 Å². The van der Waals surface area contributed by atoms with Crippen molar-refractivity contribution >= 4 is 28.1 Å². The zero-order valence-corrected chi connectivity index (χ0v) is 16.7. The van der Waals surface area contributed by atoms with E-state index in [4.69, 9.17) is 14.2 Å². The maximum absolute atomic E-state index is 11.9. The molecule has 0 spiro atoms. The summed E-state index contributed by atoms with van der Waals surface area (Å²) in [6, 6.07) is 10.4. The molecule has 144 valence electrons. The lowest BCUT2D eigenvalue weighted by Crippen LogP contribution is -2.24. The number of benzene rings is 2. The first-order valence-electron chi connectivity index (χ1n) is 8.37. The van der Waals surface area contributed by atoms with Crippen molar-refractivity contribution in [3.63, 3.8) is 0 Å². The average Bonchev–Trinajstić information content (AvgIpc) is 2.65. The quantitative estimate of drug-likeness (QED) is 0.463. The molecule has 2 aromatic rings. The van der Waals surface area contributed by atoms with Gasteiger partial charge in [0.15, 0.2) is 29.6 Å². The number of nitrogens with zero attached hydrogens (tertiary/aromatic N) is 1. The maximum atomic E-state index is 11.9. The van der Waals surface area contributed by atoms with Crippen molar-refractivity contribution in [1.82, 2.24) is 5.43 Å². The average molecular weight is 437 g/mol. The minimum atomic E-state index is -0.416. The summed E-state index contributed by atoms with van der Waals surface area (Å²) in [6.45, 7) is 4.40. The van der Waals surface area contributed by atoms with Gasteiger partial charge in [0.05, 0.1) is 23.9 Å². The molecule has 0 radical (unpaired) electrons. The molecule has 7 nitrogen and oxygen atoms in total. The number of ether oxygens (including phenoxy) is 3. The number of phenols is 1. The molecule has 0 saturated carbocycles. The van der Waals surface area contributed by atoms with Crippen LogP contribution >= 0.6 is 15.9 Å². The number of carbonyl (C=O) groups is 1. The lowest BCUT2D eigenvalue weighted by Gasteiger charge is -2.10. The second-order valence-electron chi connectivity index (χ2n) is 5.24. The van der Waals surface area contributed by atoms with Gasteiger partial charge in [-0.25, -0.2) is 5.43 Å². The molecular weight excluding hydrogens is 416 g/mol. The van der Waals surface area contributed by atoms with Gasteiger partial charge in [-0.2, -0.15) is 5.10 Å². The molecule has 0 aliphatic carbocycles. The molecule has 0 heterocycles. The van der Waals surface area contributed by atoms with Crippen LogP contribution in [-0.4, -0.2) is 37.0 Å². The molecule has 1 amide bonds. The smallest absolute Gasteiger partial charge is 0.277 e. The van der Waals surface area contributed by atoms with E-state index in [0.29, 0.717) is 40.5 Å². The fraction of sp³-hybridized carbons (Fsp3) is 0.263. The summed E-state index contributed by atoms with van der Waals surface area (Å²) in [5.41, 5.74) is 3.03. The Labute approximate surface area is 166 Å². The first-order valence-corrected chi connectivity index (χ1v) is 9.16. The highest BCUT2D eigenvalue weighted by Crippen LogP contribution is 2.35. The summed E-state index contributed by atoms with van der Waals surface area (Å²) in [6.07, 6.45) is 1.44. The Balaban J connectivity index is 1.92. The molecule has 0 fully saturated rings. The Morgan fingerprint density at radius 2 is 1.74 bits per heavy atom. The number of hydrazone groups is 1. The number of rotatable bonds is 9. The molecule has 0 bridgehead atoms. The molecule has 2 aromatic carbocycles. The van der Waals surface area contributed by atoms with Gasteiger partial charge in [-0.1, -0.05) is 12.1 Å². The molecule has 2 rings (SSSR count). The zero-order chi connectivity index (χ0) is 19.6. The third-order valence-corrected chi connectivity index (χ3v) is 3.87. The van der Waals surface area contributed by atoms with Gasteiger partial charge in [0.2, 0.25) is 0 Å². The molecular formula is C19H21BrN2O5. The van der Waals surface area contributed by atoms with E-state index in [9.17, 15) is 9.90 Å². The first-order chi connectivity index (χ1) is 13.0. The van der Waals surface area contributed by atoms with E-state index in [0.717, 1.165) is 0 Å². The Hall–Kier alpha value is -2.74. The minimum absolute atomic E-state index is 0.0133. The van der Waals surface area contributed by atoms with Crippen molar-refractivity contribution in [3.05, 3.63) is 46.4 Å². The molecule has 2 N–H and O–H groups in total. The van der Waals surface area contributed by atoms with Crippen molar-refractivity contribution in [1.29, 1.82) is 0 Å². The Morgan fingerprint density at radius 1 is 1.11 bits per heavy atom. The standard InChI is InChI=1S/C19H21BrN2O5/c1-3-25-15-7-5-6-8-16(15)27-12-18(23)22-21-11-13-9-14(20)19(24)17(10-13)26-4-2/h5-11,24H,3-4,12H2,1-2H3,(H,22,23)/b21-11+. The highest BCUT2D eigenvalue weighted by molar-refractivity contribution is 9.10. The molecule has 0 aliphatic rings. The Kier molecular flexibility index (Phi) is 7.94. The predicted octanol–water partition coefficient (Wildman–Crippen LogP) is 3.48. The highest BCUT2D eigenvalue weighted by Gasteiger charge is 2.09. The Bertz CT molecular complexity index is 811. The van der Waals surface area contributed by atoms with Gasteiger partial charge in [-0.15, -0.1) is 0 Å². The Morgan fingerprint density at radius 3 is 2.41 bits per heavy atom. The highest BCUT2D eigenvalue weighted by atomic mass is 79.9. The van der Waals surface area contributed by atoms with Crippen molar-refractivity contribution in [3.8, 4) is 23.0 Å². The maximum Gasteiger partial charge on any atom is 0.277 e. The lowest BCUT2D eigenvalue weighted by atomic mass is 10.2. The van der Waals surface area contributed by atoms with Crippen molar-refractivity contribution in [2.75, 3.05) is 19.8 Å². The number of carbonyl (C=O) groups excluding carboxylic acids is 1. The van der Waals surface area contributed by atoms with Crippen LogP contribution in [0.5, 0.6) is 23.0 Å². The van der Waals surface area contributed by atoms with Crippen LogP contribution in [0, 0.1) is 0 Å². The number of para-hydroxylation sites is 2. The van der Waals surface area contributed by atoms with Gasteiger partial charge in [-0.3, -0.25) is 4.79 Å². The summed E-state index contributed by atoms with van der Waals surface area (Å²) in [5, 5.41) is 13.8. The number of halogens is 1. The van der Waals surface area contributed by atoms with Gasteiger partial charge in [0.1, 0.15) is 0 Å². The molecule has 0 atom stereocenters. The fourth-order valence-corrected chi connectivity index (χ4v) is 2.59. The molecule has 0 saturated heterocycles.